The highest BCUT2D eigenvalue weighted by molar-refractivity contribution is 5.97. The van der Waals surface area contributed by atoms with Gasteiger partial charge in [-0.2, -0.15) is 0 Å². The molecule has 0 aliphatic heterocycles. The molecule has 26 heavy (non-hydrogen) atoms. The third-order valence-corrected chi connectivity index (χ3v) is 3.12. The van der Waals surface area contributed by atoms with Crippen LogP contribution in [0.2, 0.25) is 0 Å². The largest absolute Gasteiger partial charge is 0.490 e. The van der Waals surface area contributed by atoms with Crippen molar-refractivity contribution in [2.75, 3.05) is 20.3 Å². The Balaban J connectivity index is 2.83. The average Bonchev–Trinajstić information content (AvgIpc) is 2.60. The molecule has 2 amide bonds. The number of ether oxygens (including phenoxy) is 4. The third kappa shape index (κ3) is 6.62. The molecule has 8 heteroatoms. The number of amides is 2. The Morgan fingerprint density at radius 1 is 1.08 bits per heavy atom. The van der Waals surface area contributed by atoms with E-state index in [0.717, 1.165) is 7.11 Å². The maximum Gasteiger partial charge on any atom is 0.413 e. The van der Waals surface area contributed by atoms with Crippen LogP contribution in [0.5, 0.6) is 11.5 Å². The van der Waals surface area contributed by atoms with E-state index in [1.165, 1.54) is 19.1 Å². The SMILES string of the molecule is CCOc1cc(C(=O)O[C@H](C)C(=O)NC(=O)OC)ccc1OCC(C)C. The molecule has 1 N–H and O–H groups in total. The van der Waals surface area contributed by atoms with Crippen molar-refractivity contribution < 1.29 is 33.3 Å². The van der Waals surface area contributed by atoms with Crippen LogP contribution in [0.15, 0.2) is 18.2 Å². The lowest BCUT2D eigenvalue weighted by molar-refractivity contribution is -0.128. The van der Waals surface area contributed by atoms with Gasteiger partial charge in [0, 0.05) is 0 Å². The Bertz CT molecular complexity index is 642. The second-order valence-electron chi connectivity index (χ2n) is 5.83. The molecule has 1 aromatic carbocycles. The first-order valence-corrected chi connectivity index (χ1v) is 8.27. The molecule has 8 nitrogen and oxygen atoms in total. The zero-order chi connectivity index (χ0) is 19.7. The summed E-state index contributed by atoms with van der Waals surface area (Å²) in [6, 6.07) is 4.63. The van der Waals surface area contributed by atoms with E-state index in [1.54, 1.807) is 6.07 Å². The maximum absolute atomic E-state index is 12.2. The molecule has 0 fully saturated rings. The van der Waals surface area contributed by atoms with Crippen molar-refractivity contribution in [3.63, 3.8) is 0 Å². The van der Waals surface area contributed by atoms with Crippen molar-refractivity contribution in [3.8, 4) is 11.5 Å². The van der Waals surface area contributed by atoms with E-state index < -0.39 is 24.1 Å². The summed E-state index contributed by atoms with van der Waals surface area (Å²) in [7, 11) is 1.12. The first kappa shape index (κ1) is 21.3. The zero-order valence-corrected chi connectivity index (χ0v) is 15.7. The van der Waals surface area contributed by atoms with Crippen LogP contribution in [-0.2, 0) is 14.3 Å². The molecule has 1 aromatic rings. The lowest BCUT2D eigenvalue weighted by atomic mass is 10.2. The highest BCUT2D eigenvalue weighted by Gasteiger charge is 2.22. The van der Waals surface area contributed by atoms with Crippen LogP contribution in [0.3, 0.4) is 0 Å². The highest BCUT2D eigenvalue weighted by Crippen LogP contribution is 2.29. The highest BCUT2D eigenvalue weighted by atomic mass is 16.6. The lowest BCUT2D eigenvalue weighted by Crippen LogP contribution is -2.39. The first-order valence-electron chi connectivity index (χ1n) is 8.27. The molecule has 0 spiro atoms. The molecule has 0 aromatic heterocycles. The monoisotopic (exact) mass is 367 g/mol. The number of rotatable bonds is 8. The molecular formula is C18H25NO7. The number of methoxy groups -OCH3 is 1. The molecule has 0 heterocycles. The van der Waals surface area contributed by atoms with E-state index in [2.05, 4.69) is 4.74 Å². The van der Waals surface area contributed by atoms with Crippen molar-refractivity contribution in [1.82, 2.24) is 5.32 Å². The molecule has 1 rings (SSSR count). The number of hydrogen-bond donors (Lipinski definition) is 1. The average molecular weight is 367 g/mol. The summed E-state index contributed by atoms with van der Waals surface area (Å²) < 4.78 is 20.5. The topological polar surface area (TPSA) is 100 Å². The minimum Gasteiger partial charge on any atom is -0.490 e. The standard InChI is InChI=1S/C18H25NO7/c1-6-24-15-9-13(7-8-14(15)25-10-11(2)3)17(21)26-12(4)16(20)19-18(22)23-5/h7-9,11-12H,6,10H2,1-5H3,(H,19,20,22)/t12-/m1/s1. The summed E-state index contributed by atoms with van der Waals surface area (Å²) in [4.78, 5) is 35.0. The quantitative estimate of drug-likeness (QED) is 0.705. The molecule has 1 atom stereocenters. The molecular weight excluding hydrogens is 342 g/mol. The summed E-state index contributed by atoms with van der Waals surface area (Å²) in [5.74, 6) is -0.243. The molecule has 0 bridgehead atoms. The van der Waals surface area contributed by atoms with Crippen molar-refractivity contribution >= 4 is 18.0 Å². The minimum absolute atomic E-state index is 0.197. The van der Waals surface area contributed by atoms with Crippen LogP contribution in [0.1, 0.15) is 38.1 Å². The van der Waals surface area contributed by atoms with Gasteiger partial charge in [-0.3, -0.25) is 10.1 Å². The fraction of sp³-hybridized carbons (Fsp3) is 0.500. The molecule has 0 saturated heterocycles. The van der Waals surface area contributed by atoms with Gasteiger partial charge in [0.2, 0.25) is 0 Å². The molecule has 0 aliphatic rings. The van der Waals surface area contributed by atoms with Gasteiger partial charge < -0.3 is 18.9 Å². The molecule has 0 radical (unpaired) electrons. The maximum atomic E-state index is 12.2. The summed E-state index contributed by atoms with van der Waals surface area (Å²) in [6.07, 6.45) is -2.10. The predicted octanol–water partition coefficient (Wildman–Crippen LogP) is 2.55. The Hall–Kier alpha value is -2.77. The van der Waals surface area contributed by atoms with Gasteiger partial charge in [-0.1, -0.05) is 13.8 Å². The summed E-state index contributed by atoms with van der Waals surface area (Å²) in [6.45, 7) is 8.11. The molecule has 0 saturated carbocycles. The second-order valence-corrected chi connectivity index (χ2v) is 5.83. The molecule has 144 valence electrons. The van der Waals surface area contributed by atoms with E-state index in [0.29, 0.717) is 30.6 Å². The van der Waals surface area contributed by atoms with E-state index in [1.807, 2.05) is 26.1 Å². The van der Waals surface area contributed by atoms with Gasteiger partial charge >= 0.3 is 12.1 Å². The summed E-state index contributed by atoms with van der Waals surface area (Å²) in [5.41, 5.74) is 0.197. The van der Waals surface area contributed by atoms with E-state index in [9.17, 15) is 14.4 Å². The lowest BCUT2D eigenvalue weighted by Gasteiger charge is -2.15. The Kier molecular flexibility index (Phi) is 8.41. The number of carbonyl (C=O) groups is 3. The molecule has 0 aliphatic carbocycles. The van der Waals surface area contributed by atoms with Gasteiger partial charge in [0.15, 0.2) is 17.6 Å². The number of imide groups is 1. The predicted molar refractivity (Wildman–Crippen MR) is 93.4 cm³/mol. The van der Waals surface area contributed by atoms with E-state index in [4.69, 9.17) is 14.2 Å². The van der Waals surface area contributed by atoms with Gasteiger partial charge in [0.05, 0.1) is 25.9 Å². The normalized spacial score (nSPS) is 11.5. The van der Waals surface area contributed by atoms with Gasteiger partial charge in [-0.15, -0.1) is 0 Å². The third-order valence-electron chi connectivity index (χ3n) is 3.12. The number of esters is 1. The van der Waals surface area contributed by atoms with Crippen molar-refractivity contribution in [2.45, 2.75) is 33.8 Å². The van der Waals surface area contributed by atoms with Crippen molar-refractivity contribution in [2.24, 2.45) is 5.92 Å². The fourth-order valence-corrected chi connectivity index (χ4v) is 1.81. The Morgan fingerprint density at radius 3 is 2.35 bits per heavy atom. The van der Waals surface area contributed by atoms with Gasteiger partial charge in [-0.25, -0.2) is 9.59 Å². The smallest absolute Gasteiger partial charge is 0.413 e. The Morgan fingerprint density at radius 2 is 1.77 bits per heavy atom. The van der Waals surface area contributed by atoms with Crippen LogP contribution in [0.4, 0.5) is 4.79 Å². The van der Waals surface area contributed by atoms with Crippen molar-refractivity contribution in [1.29, 1.82) is 0 Å². The van der Waals surface area contributed by atoms with Gasteiger partial charge in [0.1, 0.15) is 0 Å². The first-order chi connectivity index (χ1) is 12.3. The summed E-state index contributed by atoms with van der Waals surface area (Å²) in [5, 5.41) is 1.93. The van der Waals surface area contributed by atoms with Gasteiger partial charge in [0.25, 0.3) is 5.91 Å². The van der Waals surface area contributed by atoms with Crippen LogP contribution in [-0.4, -0.2) is 44.4 Å². The molecule has 0 unspecified atom stereocenters. The fourth-order valence-electron chi connectivity index (χ4n) is 1.81. The number of alkyl carbamates (subject to hydrolysis) is 1. The minimum atomic E-state index is -1.17. The number of nitrogens with one attached hydrogen (secondary N) is 1. The summed E-state index contributed by atoms with van der Waals surface area (Å²) >= 11 is 0. The second kappa shape index (κ2) is 10.3. The Labute approximate surface area is 152 Å². The zero-order valence-electron chi connectivity index (χ0n) is 15.7. The van der Waals surface area contributed by atoms with Gasteiger partial charge in [-0.05, 0) is 38.0 Å². The van der Waals surface area contributed by atoms with Crippen LogP contribution < -0.4 is 14.8 Å². The van der Waals surface area contributed by atoms with Crippen LogP contribution in [0, 0.1) is 5.92 Å². The van der Waals surface area contributed by atoms with Crippen LogP contribution >= 0.6 is 0 Å². The number of benzene rings is 1. The van der Waals surface area contributed by atoms with E-state index >= 15 is 0 Å². The number of carbonyl (C=O) groups excluding carboxylic acids is 3. The number of hydrogen-bond acceptors (Lipinski definition) is 7. The van der Waals surface area contributed by atoms with Crippen LogP contribution in [0.25, 0.3) is 0 Å². The van der Waals surface area contributed by atoms with E-state index in [-0.39, 0.29) is 5.56 Å². The van der Waals surface area contributed by atoms with Crippen molar-refractivity contribution in [3.05, 3.63) is 23.8 Å².